The van der Waals surface area contributed by atoms with Crippen molar-refractivity contribution < 1.29 is 14.2 Å². The molecular formula is C27H34N4O3S. The minimum Gasteiger partial charge on any atom is -0.498 e. The van der Waals surface area contributed by atoms with Crippen molar-refractivity contribution in [2.75, 3.05) is 52.4 Å². The van der Waals surface area contributed by atoms with Crippen LogP contribution in [0.1, 0.15) is 24.1 Å². The zero-order valence-corrected chi connectivity index (χ0v) is 21.4. The third-order valence-electron chi connectivity index (χ3n) is 7.86. The van der Waals surface area contributed by atoms with Gasteiger partial charge >= 0.3 is 0 Å². The molecule has 0 aromatic carbocycles. The van der Waals surface area contributed by atoms with Gasteiger partial charge in [-0.25, -0.2) is 9.97 Å². The molecule has 1 spiro atoms. The van der Waals surface area contributed by atoms with E-state index in [1.807, 2.05) is 12.3 Å². The summed E-state index contributed by atoms with van der Waals surface area (Å²) in [6.07, 6.45) is 11.8. The van der Waals surface area contributed by atoms with E-state index in [1.165, 1.54) is 10.6 Å². The van der Waals surface area contributed by atoms with Gasteiger partial charge in [-0.2, -0.15) is 0 Å². The van der Waals surface area contributed by atoms with Gasteiger partial charge in [-0.1, -0.05) is 12.2 Å². The van der Waals surface area contributed by atoms with E-state index in [9.17, 15) is 0 Å². The van der Waals surface area contributed by atoms with Crippen molar-refractivity contribution in [1.82, 2.24) is 14.9 Å². The molecular weight excluding hydrogens is 460 g/mol. The molecule has 2 saturated carbocycles. The number of fused-ring (bicyclic) bond motifs is 5. The maximum absolute atomic E-state index is 6.41. The third kappa shape index (κ3) is 4.42. The highest BCUT2D eigenvalue weighted by molar-refractivity contribution is 7.15. The zero-order chi connectivity index (χ0) is 23.9. The van der Waals surface area contributed by atoms with Crippen LogP contribution in [0.5, 0.6) is 0 Å². The molecule has 6 rings (SSSR count). The Morgan fingerprint density at radius 3 is 3.09 bits per heavy atom. The summed E-state index contributed by atoms with van der Waals surface area (Å²) in [5, 5.41) is 3.81. The highest BCUT2D eigenvalue weighted by Crippen LogP contribution is 2.75. The van der Waals surface area contributed by atoms with E-state index >= 15 is 0 Å². The highest BCUT2D eigenvalue weighted by atomic mass is 32.1. The third-order valence-corrected chi connectivity index (χ3v) is 8.94. The van der Waals surface area contributed by atoms with E-state index in [2.05, 4.69) is 52.6 Å². The van der Waals surface area contributed by atoms with Gasteiger partial charge in [-0.3, -0.25) is 0 Å². The van der Waals surface area contributed by atoms with E-state index < -0.39 is 0 Å². The summed E-state index contributed by atoms with van der Waals surface area (Å²) >= 11 is 1.73. The Bertz CT molecular complexity index is 1130. The Balaban J connectivity index is 1.30. The topological polar surface area (TPSA) is 68.7 Å². The number of hydrogen-bond acceptors (Lipinski definition) is 8. The smallest absolute Gasteiger partial charge is 0.223 e. The van der Waals surface area contributed by atoms with E-state index in [0.29, 0.717) is 31.7 Å². The minimum absolute atomic E-state index is 0.0363. The fourth-order valence-electron chi connectivity index (χ4n) is 6.03. The molecule has 2 aromatic rings. The monoisotopic (exact) mass is 494 g/mol. The number of methoxy groups -OCH3 is 1. The predicted molar refractivity (Wildman–Crippen MR) is 137 cm³/mol. The summed E-state index contributed by atoms with van der Waals surface area (Å²) in [5.41, 5.74) is 1.05. The molecule has 0 radical (unpaired) electrons. The molecule has 3 heterocycles. The molecule has 0 saturated heterocycles. The van der Waals surface area contributed by atoms with Crippen LogP contribution in [0.4, 0.5) is 5.95 Å². The van der Waals surface area contributed by atoms with Gasteiger partial charge in [0.25, 0.3) is 0 Å². The lowest BCUT2D eigenvalue weighted by Crippen LogP contribution is -2.39. The molecule has 7 nitrogen and oxygen atoms in total. The molecule has 0 amide bonds. The second kappa shape index (κ2) is 9.32. The Labute approximate surface area is 211 Å². The number of nitrogens with one attached hydrogen (secondary N) is 1. The Morgan fingerprint density at radius 2 is 2.17 bits per heavy atom. The van der Waals surface area contributed by atoms with Crippen molar-refractivity contribution in [3.05, 3.63) is 53.3 Å². The number of thiophene rings is 1. The summed E-state index contributed by atoms with van der Waals surface area (Å²) < 4.78 is 17.5. The lowest BCUT2D eigenvalue weighted by molar-refractivity contribution is 0.108. The summed E-state index contributed by atoms with van der Waals surface area (Å²) in [6.45, 7) is 4.54. The number of aromatic nitrogens is 2. The second-order valence-corrected chi connectivity index (χ2v) is 11.5. The zero-order valence-electron chi connectivity index (χ0n) is 20.5. The van der Waals surface area contributed by atoms with E-state index in [-0.39, 0.29) is 11.0 Å². The Morgan fingerprint density at radius 1 is 1.23 bits per heavy atom. The summed E-state index contributed by atoms with van der Waals surface area (Å²) in [5.74, 6) is 2.91. The van der Waals surface area contributed by atoms with Crippen LogP contribution in [0.2, 0.25) is 0 Å². The van der Waals surface area contributed by atoms with E-state index in [4.69, 9.17) is 19.2 Å². The quantitative estimate of drug-likeness (QED) is 0.490. The molecule has 1 N–H and O–H groups in total. The molecule has 4 atom stereocenters. The molecule has 4 aliphatic rings. The molecule has 3 aliphatic carbocycles. The van der Waals surface area contributed by atoms with Gasteiger partial charge in [-0.15, -0.1) is 11.3 Å². The average molecular weight is 495 g/mol. The molecule has 186 valence electrons. The molecule has 6 bridgehead atoms. The predicted octanol–water partition coefficient (Wildman–Crippen LogP) is 4.35. The summed E-state index contributed by atoms with van der Waals surface area (Å²) in [6, 6.07) is 6.26. The first-order chi connectivity index (χ1) is 17.1. The van der Waals surface area contributed by atoms with Gasteiger partial charge in [0.05, 0.1) is 35.9 Å². The van der Waals surface area contributed by atoms with E-state index in [1.54, 1.807) is 18.4 Å². The molecule has 8 heteroatoms. The first kappa shape index (κ1) is 23.2. The van der Waals surface area contributed by atoms with Crippen LogP contribution < -0.4 is 5.32 Å². The van der Waals surface area contributed by atoms with Gasteiger partial charge in [0.15, 0.2) is 0 Å². The minimum atomic E-state index is 0.0363. The van der Waals surface area contributed by atoms with Crippen molar-refractivity contribution in [1.29, 1.82) is 0 Å². The first-order valence-corrected chi connectivity index (χ1v) is 13.4. The van der Waals surface area contributed by atoms with Gasteiger partial charge in [-0.05, 0) is 50.1 Å². The van der Waals surface area contributed by atoms with Crippen molar-refractivity contribution in [3.8, 4) is 10.6 Å². The molecule has 1 aliphatic heterocycles. The summed E-state index contributed by atoms with van der Waals surface area (Å²) in [7, 11) is 3.95. The number of hydrogen-bond donors (Lipinski definition) is 1. The second-order valence-electron chi connectivity index (χ2n) is 10.3. The van der Waals surface area contributed by atoms with Crippen molar-refractivity contribution >= 4 is 17.3 Å². The SMILES string of the molecule is COCCCOC1=CC2CC23Nc2nccc(n2)-c2ccc(s2)COC/C=C/CN(C)CC12CC23. The van der Waals surface area contributed by atoms with Crippen LogP contribution >= 0.6 is 11.3 Å². The van der Waals surface area contributed by atoms with Crippen LogP contribution in [0.15, 0.2) is 48.4 Å². The van der Waals surface area contributed by atoms with Crippen molar-refractivity contribution in [2.24, 2.45) is 17.3 Å². The lowest BCUT2D eigenvalue weighted by atomic mass is 9.88. The van der Waals surface area contributed by atoms with E-state index in [0.717, 1.165) is 55.5 Å². The fraction of sp³-hybridized carbons (Fsp3) is 0.556. The normalized spacial score (nSPS) is 32.7. The largest absolute Gasteiger partial charge is 0.498 e. The standard InChI is InChI=1S/C27H34N4O3S/c1-31-10-3-4-12-33-17-20-6-7-22(35-20)21-8-9-28-25(29-21)30-27-15-19(27)14-24(34-13-5-11-32-2)26(18-31)16-23(26)27/h3-4,6-9,14,19,23H,5,10-13,15-18H2,1-2H3,(H,28,29,30)/b4-3+. The maximum atomic E-state index is 6.41. The molecule has 2 aromatic heterocycles. The number of nitrogens with zero attached hydrogens (tertiary/aromatic N) is 3. The lowest BCUT2D eigenvalue weighted by Gasteiger charge is -2.33. The molecule has 35 heavy (non-hydrogen) atoms. The van der Waals surface area contributed by atoms with Crippen molar-refractivity contribution in [3.63, 3.8) is 0 Å². The van der Waals surface area contributed by atoms with Gasteiger partial charge in [0.1, 0.15) is 5.76 Å². The van der Waals surface area contributed by atoms with Crippen LogP contribution in [0, 0.1) is 17.3 Å². The molecule has 4 unspecified atom stereocenters. The fourth-order valence-corrected chi connectivity index (χ4v) is 6.94. The maximum Gasteiger partial charge on any atom is 0.223 e. The van der Waals surface area contributed by atoms with Crippen LogP contribution in [0.25, 0.3) is 10.6 Å². The van der Waals surface area contributed by atoms with Gasteiger partial charge in [0, 0.05) is 55.6 Å². The van der Waals surface area contributed by atoms with Gasteiger partial charge in [0.2, 0.25) is 5.95 Å². The number of rotatable bonds is 5. The van der Waals surface area contributed by atoms with Crippen LogP contribution in [-0.4, -0.2) is 67.5 Å². The van der Waals surface area contributed by atoms with Crippen molar-refractivity contribution in [2.45, 2.75) is 31.4 Å². The summed E-state index contributed by atoms with van der Waals surface area (Å²) in [4.78, 5) is 14.3. The number of ether oxygens (including phenoxy) is 3. The first-order valence-electron chi connectivity index (χ1n) is 12.6. The average Bonchev–Trinajstić information content (AvgIpc) is 3.70. The van der Waals surface area contributed by atoms with Crippen LogP contribution in [0.3, 0.4) is 0 Å². The Kier molecular flexibility index (Phi) is 6.16. The number of likely N-dealkylation sites (N-methyl/N-ethyl adjacent to an activating group) is 1. The highest BCUT2D eigenvalue weighted by Gasteiger charge is 2.77. The molecule has 2 fully saturated rings. The number of anilines is 1. The van der Waals surface area contributed by atoms with Crippen LogP contribution in [-0.2, 0) is 20.8 Å². The Hall–Kier alpha value is -2.26. The van der Waals surface area contributed by atoms with Gasteiger partial charge < -0.3 is 24.4 Å².